The zero-order chi connectivity index (χ0) is 30.4. The van der Waals surface area contributed by atoms with Crippen LogP contribution in [0, 0.1) is 5.92 Å². The lowest BCUT2D eigenvalue weighted by atomic mass is 10.0. The Kier molecular flexibility index (Phi) is 10.1. The van der Waals surface area contributed by atoms with Crippen molar-refractivity contribution in [2.75, 3.05) is 44.3 Å². The van der Waals surface area contributed by atoms with E-state index in [4.69, 9.17) is 16.3 Å². The average molecular weight is 631 g/mol. The van der Waals surface area contributed by atoms with Crippen molar-refractivity contribution < 1.29 is 22.7 Å². The number of rotatable bonds is 3. The molecular weight excluding hydrogens is 592 g/mol. The molecule has 11 nitrogen and oxygen atoms in total. The first-order chi connectivity index (χ1) is 20.7. The summed E-state index contributed by atoms with van der Waals surface area (Å²) in [4.78, 5) is 35.4. The zero-order valence-electron chi connectivity index (χ0n) is 24.5. The molecule has 1 atom stereocenters. The second-order valence-electron chi connectivity index (χ2n) is 11.3. The van der Waals surface area contributed by atoms with Gasteiger partial charge in [0, 0.05) is 56.3 Å². The molecule has 3 aromatic rings. The lowest BCUT2D eigenvalue weighted by Crippen LogP contribution is -2.42. The topological polar surface area (TPSA) is 120 Å². The monoisotopic (exact) mass is 630 g/mol. The maximum Gasteiger partial charge on any atom is 0.247 e. The first-order valence-electron chi connectivity index (χ1n) is 14.9. The van der Waals surface area contributed by atoms with Gasteiger partial charge in [0.05, 0.1) is 29.3 Å². The highest BCUT2D eigenvalue weighted by molar-refractivity contribution is 7.91. The van der Waals surface area contributed by atoms with Crippen molar-refractivity contribution in [1.29, 1.82) is 0 Å². The van der Waals surface area contributed by atoms with E-state index in [2.05, 4.69) is 14.6 Å². The van der Waals surface area contributed by atoms with E-state index in [1.54, 1.807) is 22.0 Å². The SMILES string of the molecule is CC(C(=O)N1CCCCN(C(=O)C2CCS(=O)(=O)CC2)CCOc2cccc(c2)-c2nccn2CCC1)n1cc(Cl)cn1. The molecule has 1 aromatic carbocycles. The van der Waals surface area contributed by atoms with Crippen LogP contribution < -0.4 is 4.74 Å². The fraction of sp³-hybridized carbons (Fsp3) is 0.533. The average Bonchev–Trinajstić information content (AvgIpc) is 3.65. The molecule has 4 heterocycles. The normalized spacial score (nSPS) is 19.6. The van der Waals surface area contributed by atoms with Gasteiger partial charge in [-0.3, -0.25) is 14.3 Å². The number of aryl methyl sites for hydroxylation is 1. The zero-order valence-corrected chi connectivity index (χ0v) is 26.0. The molecule has 2 aliphatic heterocycles. The Bertz CT molecular complexity index is 1510. The van der Waals surface area contributed by atoms with Crippen LogP contribution in [0.3, 0.4) is 0 Å². The van der Waals surface area contributed by atoms with E-state index in [1.807, 2.05) is 42.3 Å². The summed E-state index contributed by atoms with van der Waals surface area (Å²) in [6.07, 6.45) is 9.73. The Labute approximate surface area is 257 Å². The van der Waals surface area contributed by atoms with Crippen LogP contribution in [-0.4, -0.2) is 93.7 Å². The smallest absolute Gasteiger partial charge is 0.247 e. The van der Waals surface area contributed by atoms with Crippen LogP contribution in [0.5, 0.6) is 5.75 Å². The lowest BCUT2D eigenvalue weighted by Gasteiger charge is -2.30. The van der Waals surface area contributed by atoms with E-state index in [-0.39, 0.29) is 29.2 Å². The van der Waals surface area contributed by atoms with Gasteiger partial charge in [-0.1, -0.05) is 23.7 Å². The van der Waals surface area contributed by atoms with Crippen molar-refractivity contribution >= 4 is 33.3 Å². The maximum atomic E-state index is 13.6. The number of halogens is 1. The Morgan fingerprint density at radius 2 is 1.77 bits per heavy atom. The fourth-order valence-corrected chi connectivity index (χ4v) is 7.38. The van der Waals surface area contributed by atoms with Gasteiger partial charge in [0.25, 0.3) is 0 Å². The molecule has 5 rings (SSSR count). The molecular formula is C30H39ClN6O5S. The minimum atomic E-state index is -3.07. The molecule has 13 heteroatoms. The summed E-state index contributed by atoms with van der Waals surface area (Å²) in [5, 5.41) is 4.71. The van der Waals surface area contributed by atoms with Crippen LogP contribution in [-0.2, 0) is 26.0 Å². The van der Waals surface area contributed by atoms with Gasteiger partial charge in [-0.05, 0) is 51.2 Å². The molecule has 1 saturated heterocycles. The quantitative estimate of drug-likeness (QED) is 0.433. The second kappa shape index (κ2) is 13.9. The first kappa shape index (κ1) is 31.1. The van der Waals surface area contributed by atoms with Crippen LogP contribution in [0.4, 0.5) is 0 Å². The fourth-order valence-electron chi connectivity index (χ4n) is 5.75. The molecule has 0 saturated carbocycles. The minimum Gasteiger partial charge on any atom is -0.492 e. The minimum absolute atomic E-state index is 0.0238. The largest absolute Gasteiger partial charge is 0.492 e. The van der Waals surface area contributed by atoms with Crippen molar-refractivity contribution in [1.82, 2.24) is 29.1 Å². The number of amides is 2. The molecule has 0 radical (unpaired) electrons. The number of sulfone groups is 1. The summed E-state index contributed by atoms with van der Waals surface area (Å²) in [6.45, 7) is 4.80. The molecule has 43 heavy (non-hydrogen) atoms. The van der Waals surface area contributed by atoms with Gasteiger partial charge in [-0.25, -0.2) is 13.4 Å². The first-order valence-corrected chi connectivity index (χ1v) is 17.1. The molecule has 232 valence electrons. The molecule has 1 unspecified atom stereocenters. The number of carbonyl (C=O) groups excluding carboxylic acids is 2. The number of benzene rings is 1. The summed E-state index contributed by atoms with van der Waals surface area (Å²) >= 11 is 6.06. The van der Waals surface area contributed by atoms with Gasteiger partial charge >= 0.3 is 0 Å². The second-order valence-corrected chi connectivity index (χ2v) is 14.0. The number of hydrogen-bond acceptors (Lipinski definition) is 7. The van der Waals surface area contributed by atoms with Crippen molar-refractivity contribution in [3.63, 3.8) is 0 Å². The molecule has 2 aliphatic rings. The third-order valence-electron chi connectivity index (χ3n) is 8.22. The molecule has 0 aliphatic carbocycles. The van der Waals surface area contributed by atoms with Gasteiger partial charge in [0.2, 0.25) is 11.8 Å². The Morgan fingerprint density at radius 3 is 2.51 bits per heavy atom. The molecule has 0 spiro atoms. The summed E-state index contributed by atoms with van der Waals surface area (Å²) in [6, 6.07) is 7.24. The van der Waals surface area contributed by atoms with E-state index in [0.717, 1.165) is 17.8 Å². The van der Waals surface area contributed by atoms with E-state index >= 15 is 0 Å². The van der Waals surface area contributed by atoms with E-state index in [0.29, 0.717) is 75.8 Å². The van der Waals surface area contributed by atoms with Crippen molar-refractivity contribution in [3.05, 3.63) is 54.1 Å². The van der Waals surface area contributed by atoms with Crippen molar-refractivity contribution in [3.8, 4) is 17.1 Å². The number of nitrogens with zero attached hydrogens (tertiary/aromatic N) is 6. The third-order valence-corrected chi connectivity index (χ3v) is 10.1. The van der Waals surface area contributed by atoms with Gasteiger partial charge in [0.1, 0.15) is 34.1 Å². The highest BCUT2D eigenvalue weighted by Gasteiger charge is 2.31. The maximum absolute atomic E-state index is 13.6. The van der Waals surface area contributed by atoms with E-state index in [9.17, 15) is 18.0 Å². The van der Waals surface area contributed by atoms with Crippen molar-refractivity contribution in [2.24, 2.45) is 5.92 Å². The summed E-state index contributed by atoms with van der Waals surface area (Å²) in [5.74, 6) is 1.23. The van der Waals surface area contributed by atoms with Gasteiger partial charge in [-0.2, -0.15) is 5.10 Å². The highest BCUT2D eigenvalue weighted by Crippen LogP contribution is 2.25. The summed E-state index contributed by atoms with van der Waals surface area (Å²) in [5.41, 5.74) is 0.917. The Balaban J connectivity index is 1.35. The summed E-state index contributed by atoms with van der Waals surface area (Å²) < 4.78 is 33.7. The molecule has 2 bridgehead atoms. The van der Waals surface area contributed by atoms with E-state index in [1.165, 1.54) is 6.20 Å². The van der Waals surface area contributed by atoms with Gasteiger partial charge in [0.15, 0.2) is 0 Å². The highest BCUT2D eigenvalue weighted by atomic mass is 35.5. The number of ether oxygens (including phenoxy) is 1. The number of aromatic nitrogens is 4. The third kappa shape index (κ3) is 7.97. The predicted molar refractivity (Wildman–Crippen MR) is 163 cm³/mol. The molecule has 2 aromatic heterocycles. The van der Waals surface area contributed by atoms with Crippen LogP contribution in [0.25, 0.3) is 11.4 Å². The lowest BCUT2D eigenvalue weighted by molar-refractivity contribution is -0.137. The van der Waals surface area contributed by atoms with Crippen LogP contribution in [0.15, 0.2) is 49.1 Å². The van der Waals surface area contributed by atoms with Crippen LogP contribution >= 0.6 is 11.6 Å². The number of hydrogen-bond donors (Lipinski definition) is 0. The van der Waals surface area contributed by atoms with Crippen LogP contribution in [0.2, 0.25) is 5.02 Å². The van der Waals surface area contributed by atoms with Crippen LogP contribution in [0.1, 0.15) is 45.1 Å². The van der Waals surface area contributed by atoms with Crippen molar-refractivity contribution in [2.45, 2.75) is 51.6 Å². The Hall–Kier alpha value is -3.38. The van der Waals surface area contributed by atoms with E-state index < -0.39 is 15.9 Å². The van der Waals surface area contributed by atoms with Gasteiger partial charge < -0.3 is 19.1 Å². The molecule has 0 N–H and O–H groups in total. The summed E-state index contributed by atoms with van der Waals surface area (Å²) in [7, 11) is -3.07. The van der Waals surface area contributed by atoms with Gasteiger partial charge in [-0.15, -0.1) is 0 Å². The standard InChI is InChI=1S/C30H39ClN6O5S/c1-23(37-22-26(31)21-33-37)29(38)35-11-2-3-12-36(30(39)24-8-18-43(40,41)19-9-24)16-17-42-27-7-4-6-25(20-27)28-32-10-15-34(28)13-5-14-35/h4,6-7,10,15,20-24H,2-3,5,8-9,11-14,16-19H2,1H3. The number of imidazole rings is 1. The Morgan fingerprint density at radius 1 is 1.02 bits per heavy atom. The molecule has 1 fully saturated rings. The number of carbonyl (C=O) groups is 2. The number of fused-ring (bicyclic) bond motifs is 4. The predicted octanol–water partition coefficient (Wildman–Crippen LogP) is 3.71. The molecule has 2 amide bonds.